The monoisotopic (exact) mass is 379 g/mol. The molecule has 0 unspecified atom stereocenters. The van der Waals surface area contributed by atoms with Gasteiger partial charge in [-0.3, -0.25) is 8.75 Å². The average molecular weight is 380 g/mol. The average Bonchev–Trinajstić information content (AvgIpc) is 2.94. The third-order valence-electron chi connectivity index (χ3n) is 4.07. The van der Waals surface area contributed by atoms with Gasteiger partial charge >= 0.3 is 0 Å². The minimum atomic E-state index is -0.338. The molecule has 1 aliphatic heterocycles. The highest BCUT2D eigenvalue weighted by atomic mass is 35.5. The maximum Gasteiger partial charge on any atom is 0.282 e. The Morgan fingerprint density at radius 2 is 2.16 bits per heavy atom. The highest BCUT2D eigenvalue weighted by Gasteiger charge is 2.25. The molecule has 1 aromatic heterocycles. The molecule has 1 aromatic carbocycles. The molecule has 0 fully saturated rings. The standard InChI is InChI=1S/C18H22ClN3O2S/c1-18(2,3)22-14-7-8-20-10-13(14)17(25-22)21-16(23)12-9-11(19)5-6-15(12)24-4/h5-6,9,20H,7-8,10H2,1-4H3/b21-17-. The zero-order valence-electron chi connectivity index (χ0n) is 14.9. The molecule has 134 valence electrons. The van der Waals surface area contributed by atoms with E-state index in [1.807, 2.05) is 0 Å². The van der Waals surface area contributed by atoms with Gasteiger partial charge in [0.2, 0.25) is 0 Å². The molecule has 0 saturated heterocycles. The van der Waals surface area contributed by atoms with Crippen molar-refractivity contribution in [2.45, 2.75) is 39.3 Å². The lowest BCUT2D eigenvalue weighted by atomic mass is 10.1. The van der Waals surface area contributed by atoms with Crippen molar-refractivity contribution in [3.05, 3.63) is 44.7 Å². The van der Waals surface area contributed by atoms with Gasteiger partial charge in [-0.05, 0) is 50.5 Å². The Labute approximate surface area is 156 Å². The molecule has 2 heterocycles. The Balaban J connectivity index is 2.12. The molecule has 0 bridgehead atoms. The lowest BCUT2D eigenvalue weighted by molar-refractivity contribution is 0.0996. The van der Waals surface area contributed by atoms with E-state index in [0.717, 1.165) is 29.7 Å². The van der Waals surface area contributed by atoms with Crippen LogP contribution in [0.2, 0.25) is 5.02 Å². The number of nitrogens with one attached hydrogen (secondary N) is 1. The summed E-state index contributed by atoms with van der Waals surface area (Å²) < 4.78 is 8.30. The van der Waals surface area contributed by atoms with Crippen LogP contribution in [0.3, 0.4) is 0 Å². The minimum Gasteiger partial charge on any atom is -0.496 e. The van der Waals surface area contributed by atoms with E-state index < -0.39 is 0 Å². The summed E-state index contributed by atoms with van der Waals surface area (Å²) in [5.74, 6) is 0.139. The van der Waals surface area contributed by atoms with E-state index in [0.29, 0.717) is 16.3 Å². The molecular weight excluding hydrogens is 358 g/mol. The number of benzene rings is 1. The van der Waals surface area contributed by atoms with Crippen LogP contribution in [0.1, 0.15) is 42.4 Å². The number of rotatable bonds is 2. The zero-order chi connectivity index (χ0) is 18.2. The number of hydrogen-bond acceptors (Lipinski definition) is 4. The lowest BCUT2D eigenvalue weighted by Crippen LogP contribution is -2.30. The molecule has 3 rings (SSSR count). The lowest BCUT2D eigenvalue weighted by Gasteiger charge is -2.25. The molecule has 1 aliphatic rings. The van der Waals surface area contributed by atoms with Crippen molar-refractivity contribution >= 4 is 29.0 Å². The van der Waals surface area contributed by atoms with Crippen molar-refractivity contribution in [1.29, 1.82) is 0 Å². The SMILES string of the molecule is COc1ccc(Cl)cc1C(=O)/N=c1\sn(C(C)(C)C)c2c1CNCC2. The van der Waals surface area contributed by atoms with E-state index >= 15 is 0 Å². The molecule has 1 amide bonds. The van der Waals surface area contributed by atoms with E-state index in [1.165, 1.54) is 24.3 Å². The van der Waals surface area contributed by atoms with Gasteiger partial charge in [-0.15, -0.1) is 0 Å². The summed E-state index contributed by atoms with van der Waals surface area (Å²) >= 11 is 7.58. The quantitative estimate of drug-likeness (QED) is 0.870. The molecule has 0 saturated carbocycles. The fourth-order valence-corrected chi connectivity index (χ4v) is 4.28. The summed E-state index contributed by atoms with van der Waals surface area (Å²) in [4.78, 5) is 17.2. The van der Waals surface area contributed by atoms with Gasteiger partial charge in [0.05, 0.1) is 12.7 Å². The second-order valence-corrected chi connectivity index (χ2v) is 8.35. The van der Waals surface area contributed by atoms with Crippen LogP contribution < -0.4 is 14.7 Å². The summed E-state index contributed by atoms with van der Waals surface area (Å²) in [6.45, 7) is 8.16. The van der Waals surface area contributed by atoms with Crippen LogP contribution in [0, 0.1) is 0 Å². The number of fused-ring (bicyclic) bond motifs is 1. The fourth-order valence-electron chi connectivity index (χ4n) is 2.92. The number of ether oxygens (including phenoxy) is 1. The Hall–Kier alpha value is -1.63. The first-order valence-electron chi connectivity index (χ1n) is 8.19. The van der Waals surface area contributed by atoms with Crippen LogP contribution in [0.15, 0.2) is 23.2 Å². The van der Waals surface area contributed by atoms with E-state index in [9.17, 15) is 4.79 Å². The Bertz CT molecular complexity index is 877. The van der Waals surface area contributed by atoms with Crippen LogP contribution in [-0.2, 0) is 18.5 Å². The van der Waals surface area contributed by atoms with Crippen LogP contribution >= 0.6 is 23.1 Å². The van der Waals surface area contributed by atoms with Crippen LogP contribution in [-0.4, -0.2) is 23.5 Å². The first kappa shape index (κ1) is 18.2. The Kier molecular flexibility index (Phi) is 5.04. The van der Waals surface area contributed by atoms with Crippen molar-refractivity contribution in [2.24, 2.45) is 4.99 Å². The number of halogens is 1. The minimum absolute atomic E-state index is 0.0450. The maximum atomic E-state index is 12.8. The molecule has 0 spiro atoms. The maximum absolute atomic E-state index is 12.8. The molecule has 0 atom stereocenters. The number of carbonyl (C=O) groups is 1. The number of nitrogens with zero attached hydrogens (tertiary/aromatic N) is 2. The van der Waals surface area contributed by atoms with E-state index in [4.69, 9.17) is 16.3 Å². The molecule has 2 aromatic rings. The third kappa shape index (κ3) is 3.66. The highest BCUT2D eigenvalue weighted by Crippen LogP contribution is 2.25. The number of amides is 1. The third-order valence-corrected chi connectivity index (χ3v) is 5.77. The summed E-state index contributed by atoms with van der Waals surface area (Å²) in [6.07, 6.45) is 0.938. The van der Waals surface area contributed by atoms with Crippen molar-refractivity contribution in [2.75, 3.05) is 13.7 Å². The van der Waals surface area contributed by atoms with Crippen molar-refractivity contribution in [3.63, 3.8) is 0 Å². The predicted molar refractivity (Wildman–Crippen MR) is 101 cm³/mol. The zero-order valence-corrected chi connectivity index (χ0v) is 16.4. The highest BCUT2D eigenvalue weighted by molar-refractivity contribution is 7.04. The van der Waals surface area contributed by atoms with Crippen molar-refractivity contribution in [1.82, 2.24) is 9.27 Å². The van der Waals surface area contributed by atoms with Gasteiger partial charge in [0.1, 0.15) is 10.4 Å². The van der Waals surface area contributed by atoms with Crippen LogP contribution in [0.4, 0.5) is 0 Å². The van der Waals surface area contributed by atoms with E-state index in [-0.39, 0.29) is 11.4 Å². The predicted octanol–water partition coefficient (Wildman–Crippen LogP) is 3.35. The van der Waals surface area contributed by atoms with Gasteiger partial charge in [-0.1, -0.05) is 11.6 Å². The number of methoxy groups -OCH3 is 1. The number of hydrogen-bond donors (Lipinski definition) is 1. The van der Waals surface area contributed by atoms with Crippen molar-refractivity contribution < 1.29 is 9.53 Å². The molecule has 0 radical (unpaired) electrons. The fraction of sp³-hybridized carbons (Fsp3) is 0.444. The first-order valence-corrected chi connectivity index (χ1v) is 9.34. The van der Waals surface area contributed by atoms with Gasteiger partial charge in [-0.25, -0.2) is 0 Å². The Morgan fingerprint density at radius 3 is 2.84 bits per heavy atom. The number of carbonyl (C=O) groups excluding carboxylic acids is 1. The molecular formula is C18H22ClN3O2S. The summed E-state index contributed by atoms with van der Waals surface area (Å²) in [5, 5.41) is 3.85. The first-order chi connectivity index (χ1) is 11.8. The summed E-state index contributed by atoms with van der Waals surface area (Å²) in [7, 11) is 1.53. The molecule has 25 heavy (non-hydrogen) atoms. The van der Waals surface area contributed by atoms with Gasteiger partial charge in [0, 0.05) is 41.3 Å². The van der Waals surface area contributed by atoms with E-state index in [2.05, 4.69) is 35.0 Å². The largest absolute Gasteiger partial charge is 0.496 e. The number of aromatic nitrogens is 1. The second kappa shape index (κ2) is 6.94. The van der Waals surface area contributed by atoms with Crippen LogP contribution in [0.25, 0.3) is 0 Å². The normalized spacial score (nSPS) is 15.2. The summed E-state index contributed by atoms with van der Waals surface area (Å²) in [5.41, 5.74) is 2.71. The van der Waals surface area contributed by atoms with Gasteiger partial charge in [0.15, 0.2) is 0 Å². The van der Waals surface area contributed by atoms with Gasteiger partial charge in [0.25, 0.3) is 5.91 Å². The van der Waals surface area contributed by atoms with Gasteiger partial charge in [-0.2, -0.15) is 4.99 Å². The second-order valence-electron chi connectivity index (χ2n) is 6.98. The van der Waals surface area contributed by atoms with Crippen molar-refractivity contribution in [3.8, 4) is 5.75 Å². The van der Waals surface area contributed by atoms with Gasteiger partial charge < -0.3 is 10.1 Å². The molecule has 0 aliphatic carbocycles. The van der Waals surface area contributed by atoms with E-state index in [1.54, 1.807) is 18.2 Å². The smallest absolute Gasteiger partial charge is 0.282 e. The molecule has 7 heteroatoms. The molecule has 5 nitrogen and oxygen atoms in total. The molecule has 1 N–H and O–H groups in total. The topological polar surface area (TPSA) is 55.6 Å². The Morgan fingerprint density at radius 1 is 1.40 bits per heavy atom. The van der Waals surface area contributed by atoms with Crippen LogP contribution in [0.5, 0.6) is 5.75 Å². The summed E-state index contributed by atoms with van der Waals surface area (Å²) in [6, 6.07) is 4.98.